The summed E-state index contributed by atoms with van der Waals surface area (Å²) < 4.78 is 11.0. The van der Waals surface area contributed by atoms with Crippen LogP contribution < -0.4 is 4.74 Å². The molecule has 0 saturated carbocycles. The number of ether oxygens (including phenoxy) is 1. The van der Waals surface area contributed by atoms with Crippen LogP contribution in [0.5, 0.6) is 5.75 Å². The molecule has 1 saturated heterocycles. The zero-order valence-electron chi connectivity index (χ0n) is 13.6. The maximum Gasteiger partial charge on any atom is 0.268 e. The van der Waals surface area contributed by atoms with Gasteiger partial charge < -0.3 is 14.2 Å². The van der Waals surface area contributed by atoms with Crippen molar-refractivity contribution < 1.29 is 14.1 Å². The number of amides is 1. The second kappa shape index (κ2) is 7.06. The predicted octanol–water partition coefficient (Wildman–Crippen LogP) is 3.47. The molecular weight excluding hydrogens is 338 g/mol. The van der Waals surface area contributed by atoms with E-state index < -0.39 is 0 Å². The smallest absolute Gasteiger partial charge is 0.268 e. The van der Waals surface area contributed by atoms with Crippen LogP contribution in [-0.2, 0) is 4.79 Å². The van der Waals surface area contributed by atoms with Gasteiger partial charge in [-0.25, -0.2) is 0 Å². The van der Waals surface area contributed by atoms with Crippen LogP contribution in [0.25, 0.3) is 22.2 Å². The number of hydrogen-bond acceptors (Lipinski definition) is 6. The van der Waals surface area contributed by atoms with E-state index in [1.54, 1.807) is 11.3 Å². The first-order valence-corrected chi connectivity index (χ1v) is 9.06. The third kappa shape index (κ3) is 3.56. The van der Waals surface area contributed by atoms with Crippen molar-refractivity contribution in [1.29, 1.82) is 0 Å². The van der Waals surface area contributed by atoms with Gasteiger partial charge in [0.2, 0.25) is 5.82 Å². The maximum absolute atomic E-state index is 12.1. The van der Waals surface area contributed by atoms with Gasteiger partial charge in [-0.3, -0.25) is 4.79 Å². The lowest BCUT2D eigenvalue weighted by molar-refractivity contribution is -0.132. The summed E-state index contributed by atoms with van der Waals surface area (Å²) in [6, 6.07) is 11.3. The summed E-state index contributed by atoms with van der Waals surface area (Å²) in [5.74, 6) is 1.65. The van der Waals surface area contributed by atoms with Gasteiger partial charge in [-0.05, 0) is 36.4 Å². The van der Waals surface area contributed by atoms with E-state index in [4.69, 9.17) is 9.26 Å². The van der Waals surface area contributed by atoms with Crippen LogP contribution in [0.2, 0.25) is 0 Å². The van der Waals surface area contributed by atoms with Gasteiger partial charge in [0.1, 0.15) is 5.75 Å². The van der Waals surface area contributed by atoms with Crippen molar-refractivity contribution in [3.63, 3.8) is 0 Å². The van der Waals surface area contributed by atoms with Gasteiger partial charge in [-0.1, -0.05) is 23.4 Å². The number of carbonyl (C=O) groups excluding carboxylic acids is 1. The number of aromatic nitrogens is 2. The fourth-order valence-corrected chi connectivity index (χ4v) is 3.41. The highest BCUT2D eigenvalue weighted by Gasteiger charge is 2.18. The van der Waals surface area contributed by atoms with Crippen LogP contribution in [0.3, 0.4) is 0 Å². The summed E-state index contributed by atoms with van der Waals surface area (Å²) in [4.78, 5) is 19.3. The number of rotatable bonds is 5. The first-order valence-electron chi connectivity index (χ1n) is 8.18. The summed E-state index contributed by atoms with van der Waals surface area (Å²) in [6.07, 6.45) is 2.15. The molecule has 2 aromatic heterocycles. The molecule has 3 heterocycles. The molecule has 1 aliphatic rings. The average Bonchev–Trinajstić information content (AvgIpc) is 3.41. The predicted molar refractivity (Wildman–Crippen MR) is 94.4 cm³/mol. The monoisotopic (exact) mass is 355 g/mol. The van der Waals surface area contributed by atoms with Gasteiger partial charge in [0.05, 0.1) is 4.88 Å². The van der Waals surface area contributed by atoms with E-state index >= 15 is 0 Å². The van der Waals surface area contributed by atoms with E-state index in [1.807, 2.05) is 46.7 Å². The van der Waals surface area contributed by atoms with Crippen molar-refractivity contribution in [2.45, 2.75) is 12.8 Å². The Morgan fingerprint density at radius 1 is 1.24 bits per heavy atom. The largest absolute Gasteiger partial charge is 0.484 e. The Bertz CT molecular complexity index is 854. The van der Waals surface area contributed by atoms with Crippen LogP contribution >= 0.6 is 11.3 Å². The molecule has 1 aliphatic heterocycles. The van der Waals surface area contributed by atoms with E-state index in [0.29, 0.717) is 17.5 Å². The number of benzene rings is 1. The summed E-state index contributed by atoms with van der Waals surface area (Å²) in [5.41, 5.74) is 0.790. The molecule has 6 nitrogen and oxygen atoms in total. The average molecular weight is 355 g/mol. The molecule has 0 aliphatic carbocycles. The van der Waals surface area contributed by atoms with Gasteiger partial charge in [0.15, 0.2) is 6.61 Å². The fraction of sp³-hybridized carbons (Fsp3) is 0.278. The highest BCUT2D eigenvalue weighted by molar-refractivity contribution is 7.13. The van der Waals surface area contributed by atoms with E-state index in [2.05, 4.69) is 10.1 Å². The van der Waals surface area contributed by atoms with Crippen LogP contribution in [0, 0.1) is 0 Å². The van der Waals surface area contributed by atoms with E-state index in [-0.39, 0.29) is 12.5 Å². The van der Waals surface area contributed by atoms with Gasteiger partial charge in [0, 0.05) is 18.7 Å². The van der Waals surface area contributed by atoms with Crippen molar-refractivity contribution in [3.05, 3.63) is 41.8 Å². The lowest BCUT2D eigenvalue weighted by atomic mass is 10.2. The lowest BCUT2D eigenvalue weighted by Crippen LogP contribution is -2.32. The van der Waals surface area contributed by atoms with Gasteiger partial charge in [-0.15, -0.1) is 11.3 Å². The first kappa shape index (κ1) is 15.8. The molecule has 1 fully saturated rings. The Balaban J connectivity index is 1.45. The number of nitrogens with zero attached hydrogens (tertiary/aromatic N) is 3. The van der Waals surface area contributed by atoms with E-state index in [0.717, 1.165) is 36.4 Å². The second-order valence-electron chi connectivity index (χ2n) is 5.80. The molecule has 1 amide bonds. The molecule has 0 radical (unpaired) electrons. The van der Waals surface area contributed by atoms with Crippen molar-refractivity contribution in [2.75, 3.05) is 19.7 Å². The minimum absolute atomic E-state index is 0.0300. The summed E-state index contributed by atoms with van der Waals surface area (Å²) in [5, 5.41) is 5.99. The molecule has 1 aromatic carbocycles. The molecule has 128 valence electrons. The Morgan fingerprint density at radius 2 is 2.12 bits per heavy atom. The summed E-state index contributed by atoms with van der Waals surface area (Å²) >= 11 is 1.55. The Labute approximate surface area is 149 Å². The molecule has 0 bridgehead atoms. The van der Waals surface area contributed by atoms with Crippen molar-refractivity contribution in [2.24, 2.45) is 0 Å². The van der Waals surface area contributed by atoms with Crippen LogP contribution in [0.4, 0.5) is 0 Å². The highest BCUT2D eigenvalue weighted by Crippen LogP contribution is 2.27. The number of carbonyl (C=O) groups is 1. The first-order chi connectivity index (χ1) is 12.3. The third-order valence-corrected chi connectivity index (χ3v) is 4.93. The number of likely N-dealkylation sites (tertiary alicyclic amines) is 1. The van der Waals surface area contributed by atoms with E-state index in [1.165, 1.54) is 0 Å². The van der Waals surface area contributed by atoms with E-state index in [9.17, 15) is 4.79 Å². The lowest BCUT2D eigenvalue weighted by Gasteiger charge is -2.15. The minimum atomic E-state index is 0.0300. The molecule has 0 N–H and O–H groups in total. The number of hydrogen-bond donors (Lipinski definition) is 0. The summed E-state index contributed by atoms with van der Waals surface area (Å²) in [7, 11) is 0. The van der Waals surface area contributed by atoms with Gasteiger partial charge in [0.25, 0.3) is 11.8 Å². The Morgan fingerprint density at radius 3 is 2.92 bits per heavy atom. The van der Waals surface area contributed by atoms with Gasteiger partial charge in [-0.2, -0.15) is 4.98 Å². The molecule has 3 aromatic rings. The van der Waals surface area contributed by atoms with Crippen LogP contribution in [-0.4, -0.2) is 40.6 Å². The fourth-order valence-electron chi connectivity index (χ4n) is 2.77. The molecule has 0 unspecified atom stereocenters. The standard InChI is InChI=1S/C18H17N3O3S/c22-16(21-8-1-2-9-21)12-23-14-6-3-5-13(11-14)17-19-18(24-20-17)15-7-4-10-25-15/h3-7,10-11H,1-2,8-9,12H2. The summed E-state index contributed by atoms with van der Waals surface area (Å²) in [6.45, 7) is 1.71. The zero-order valence-corrected chi connectivity index (χ0v) is 14.4. The Kier molecular flexibility index (Phi) is 4.47. The zero-order chi connectivity index (χ0) is 17.1. The SMILES string of the molecule is O=C(COc1cccc(-c2noc(-c3cccs3)n2)c1)N1CCCC1. The highest BCUT2D eigenvalue weighted by atomic mass is 32.1. The normalized spacial score (nSPS) is 14.0. The van der Waals surface area contributed by atoms with Crippen LogP contribution in [0.1, 0.15) is 12.8 Å². The number of thiophene rings is 1. The molecular formula is C18H17N3O3S. The van der Waals surface area contributed by atoms with Crippen molar-refractivity contribution in [3.8, 4) is 27.9 Å². The minimum Gasteiger partial charge on any atom is -0.484 e. The third-order valence-electron chi connectivity index (χ3n) is 4.07. The van der Waals surface area contributed by atoms with Crippen molar-refractivity contribution in [1.82, 2.24) is 15.0 Å². The quantitative estimate of drug-likeness (QED) is 0.701. The Hall–Kier alpha value is -2.67. The van der Waals surface area contributed by atoms with Gasteiger partial charge >= 0.3 is 0 Å². The maximum atomic E-state index is 12.1. The molecule has 0 atom stereocenters. The second-order valence-corrected chi connectivity index (χ2v) is 6.75. The van der Waals surface area contributed by atoms with Crippen molar-refractivity contribution >= 4 is 17.2 Å². The molecule has 4 rings (SSSR count). The topological polar surface area (TPSA) is 68.5 Å². The molecule has 0 spiro atoms. The molecule has 7 heteroatoms. The van der Waals surface area contributed by atoms with Crippen LogP contribution in [0.15, 0.2) is 46.3 Å². The molecule has 25 heavy (non-hydrogen) atoms.